The van der Waals surface area contributed by atoms with Crippen molar-refractivity contribution in [1.82, 2.24) is 0 Å². The van der Waals surface area contributed by atoms with Crippen molar-refractivity contribution in [2.75, 3.05) is 21.0 Å². The largest absolute Gasteiger partial charge is 0.496 e. The lowest BCUT2D eigenvalue weighted by molar-refractivity contribution is -0.134. The van der Waals surface area contributed by atoms with Crippen LogP contribution >= 0.6 is 0 Å². The molecule has 1 aliphatic rings. The number of benzene rings is 2. The molecular formula is C21H20O7. The number of rotatable bonds is 7. The van der Waals surface area contributed by atoms with Crippen LogP contribution in [0, 0.1) is 0 Å². The minimum Gasteiger partial charge on any atom is -0.496 e. The summed E-state index contributed by atoms with van der Waals surface area (Å²) in [5.74, 6) is 1.18. The second-order valence-corrected chi connectivity index (χ2v) is 5.84. The van der Waals surface area contributed by atoms with Crippen LogP contribution in [0.2, 0.25) is 0 Å². The minimum atomic E-state index is -0.468. The van der Waals surface area contributed by atoms with Crippen LogP contribution in [0.5, 0.6) is 28.7 Å². The van der Waals surface area contributed by atoms with E-state index in [9.17, 15) is 9.59 Å². The first kappa shape index (κ1) is 19.3. The second-order valence-electron chi connectivity index (χ2n) is 5.84. The first-order valence-corrected chi connectivity index (χ1v) is 8.64. The summed E-state index contributed by atoms with van der Waals surface area (Å²) in [5.41, 5.74) is 0.902. The SMILES string of the molecule is CCC(=O)Oc1cc(OC)cc(OC)c1C(=O)/C=C/c1ccc2c(c1)OCO2. The zero-order chi connectivity index (χ0) is 20.1. The number of carbonyl (C=O) groups is 2. The predicted molar refractivity (Wildman–Crippen MR) is 101 cm³/mol. The molecule has 0 fully saturated rings. The molecule has 7 heteroatoms. The Kier molecular flexibility index (Phi) is 5.84. The van der Waals surface area contributed by atoms with Crippen LogP contribution in [0.1, 0.15) is 29.3 Å². The fraction of sp³-hybridized carbons (Fsp3) is 0.238. The van der Waals surface area contributed by atoms with Gasteiger partial charge in [-0.25, -0.2) is 0 Å². The highest BCUT2D eigenvalue weighted by Crippen LogP contribution is 2.36. The second kappa shape index (κ2) is 8.47. The zero-order valence-electron chi connectivity index (χ0n) is 15.8. The maximum Gasteiger partial charge on any atom is 0.310 e. The van der Waals surface area contributed by atoms with E-state index in [1.54, 1.807) is 37.3 Å². The summed E-state index contributed by atoms with van der Waals surface area (Å²) in [5, 5.41) is 0. The van der Waals surface area contributed by atoms with Crippen molar-refractivity contribution in [3.8, 4) is 28.7 Å². The molecule has 0 bridgehead atoms. The van der Waals surface area contributed by atoms with Gasteiger partial charge >= 0.3 is 5.97 Å². The van der Waals surface area contributed by atoms with Crippen LogP contribution in [0.4, 0.5) is 0 Å². The van der Waals surface area contributed by atoms with E-state index < -0.39 is 5.97 Å². The van der Waals surface area contributed by atoms with Gasteiger partial charge in [0.1, 0.15) is 22.8 Å². The van der Waals surface area contributed by atoms with Crippen molar-refractivity contribution in [3.05, 3.63) is 47.5 Å². The average Bonchev–Trinajstić information content (AvgIpc) is 3.19. The van der Waals surface area contributed by atoms with Crippen molar-refractivity contribution in [3.63, 3.8) is 0 Å². The Morgan fingerprint density at radius 2 is 1.79 bits per heavy atom. The number of hydrogen-bond acceptors (Lipinski definition) is 7. The summed E-state index contributed by atoms with van der Waals surface area (Å²) in [6.07, 6.45) is 3.19. The summed E-state index contributed by atoms with van der Waals surface area (Å²) in [4.78, 5) is 24.7. The van der Waals surface area contributed by atoms with Gasteiger partial charge in [0.15, 0.2) is 17.3 Å². The molecule has 0 atom stereocenters. The van der Waals surface area contributed by atoms with E-state index in [1.165, 1.54) is 26.4 Å². The molecule has 7 nitrogen and oxygen atoms in total. The summed E-state index contributed by atoms with van der Waals surface area (Å²) in [6.45, 7) is 1.84. The first-order valence-electron chi connectivity index (χ1n) is 8.64. The van der Waals surface area contributed by atoms with E-state index in [0.717, 1.165) is 5.56 Å². The van der Waals surface area contributed by atoms with Crippen molar-refractivity contribution in [2.45, 2.75) is 13.3 Å². The zero-order valence-corrected chi connectivity index (χ0v) is 15.8. The van der Waals surface area contributed by atoms with Gasteiger partial charge < -0.3 is 23.7 Å². The number of ether oxygens (including phenoxy) is 5. The van der Waals surface area contributed by atoms with Crippen LogP contribution in [0.3, 0.4) is 0 Å². The molecule has 0 saturated carbocycles. The highest BCUT2D eigenvalue weighted by molar-refractivity contribution is 6.11. The number of esters is 1. The quantitative estimate of drug-likeness (QED) is 0.312. The molecule has 0 saturated heterocycles. The van der Waals surface area contributed by atoms with Crippen LogP contribution in [-0.2, 0) is 4.79 Å². The lowest BCUT2D eigenvalue weighted by Crippen LogP contribution is -2.10. The molecule has 146 valence electrons. The highest BCUT2D eigenvalue weighted by Gasteiger charge is 2.21. The molecule has 0 N–H and O–H groups in total. The Bertz CT molecular complexity index is 931. The van der Waals surface area contributed by atoms with E-state index >= 15 is 0 Å². The molecule has 0 aliphatic carbocycles. The molecular weight excluding hydrogens is 364 g/mol. The molecule has 0 amide bonds. The van der Waals surface area contributed by atoms with Crippen LogP contribution in [0.15, 0.2) is 36.4 Å². The molecule has 0 spiro atoms. The topological polar surface area (TPSA) is 80.3 Å². The summed E-state index contributed by atoms with van der Waals surface area (Å²) < 4.78 is 26.4. The van der Waals surface area contributed by atoms with Gasteiger partial charge in [-0.05, 0) is 23.8 Å². The molecule has 3 rings (SSSR count). The maximum absolute atomic E-state index is 12.9. The summed E-state index contributed by atoms with van der Waals surface area (Å²) >= 11 is 0. The number of ketones is 1. The van der Waals surface area contributed by atoms with E-state index in [0.29, 0.717) is 17.2 Å². The van der Waals surface area contributed by atoms with Crippen molar-refractivity contribution >= 4 is 17.8 Å². The lowest BCUT2D eigenvalue weighted by atomic mass is 10.1. The Balaban J connectivity index is 1.93. The van der Waals surface area contributed by atoms with Gasteiger partial charge in [-0.1, -0.05) is 19.1 Å². The molecule has 1 heterocycles. The molecule has 0 aromatic heterocycles. The first-order chi connectivity index (χ1) is 13.5. The monoisotopic (exact) mass is 384 g/mol. The highest BCUT2D eigenvalue weighted by atomic mass is 16.7. The van der Waals surface area contributed by atoms with Crippen LogP contribution in [-0.4, -0.2) is 32.8 Å². The van der Waals surface area contributed by atoms with Gasteiger partial charge in [-0.2, -0.15) is 0 Å². The van der Waals surface area contributed by atoms with Gasteiger partial charge in [0.25, 0.3) is 0 Å². The molecule has 2 aromatic carbocycles. The van der Waals surface area contributed by atoms with Gasteiger partial charge in [-0.3, -0.25) is 9.59 Å². The third kappa shape index (κ3) is 4.09. The fourth-order valence-corrected chi connectivity index (χ4v) is 2.63. The molecule has 0 unspecified atom stereocenters. The van der Waals surface area contributed by atoms with Gasteiger partial charge in [0, 0.05) is 18.6 Å². The number of fused-ring (bicyclic) bond motifs is 1. The maximum atomic E-state index is 12.9. The predicted octanol–water partition coefficient (Wildman–Crippen LogP) is 3.64. The lowest BCUT2D eigenvalue weighted by Gasteiger charge is -2.13. The van der Waals surface area contributed by atoms with E-state index in [4.69, 9.17) is 23.7 Å². The fourth-order valence-electron chi connectivity index (χ4n) is 2.63. The Hall–Kier alpha value is -3.48. The summed E-state index contributed by atoms with van der Waals surface area (Å²) in [7, 11) is 2.90. The Labute approximate surface area is 162 Å². The normalized spacial score (nSPS) is 12.1. The molecule has 2 aromatic rings. The van der Waals surface area contributed by atoms with E-state index in [2.05, 4.69) is 0 Å². The van der Waals surface area contributed by atoms with E-state index in [-0.39, 0.29) is 36.1 Å². The molecule has 1 aliphatic heterocycles. The Morgan fingerprint density at radius 3 is 2.50 bits per heavy atom. The molecule has 28 heavy (non-hydrogen) atoms. The van der Waals surface area contributed by atoms with Crippen molar-refractivity contribution < 1.29 is 33.3 Å². The summed E-state index contributed by atoms with van der Waals surface area (Å²) in [6, 6.07) is 8.40. The number of methoxy groups -OCH3 is 2. The van der Waals surface area contributed by atoms with Gasteiger partial charge in [0.2, 0.25) is 6.79 Å². The van der Waals surface area contributed by atoms with Gasteiger partial charge in [0.05, 0.1) is 14.2 Å². The number of hydrogen-bond donors (Lipinski definition) is 0. The standard InChI is InChI=1S/C21H20O7/c1-4-20(23)28-19-11-14(24-2)10-18(25-3)21(19)15(22)7-5-13-6-8-16-17(9-13)27-12-26-16/h5-11H,4,12H2,1-3H3/b7-5+. The third-order valence-electron chi connectivity index (χ3n) is 4.08. The van der Waals surface area contributed by atoms with E-state index in [1.807, 2.05) is 0 Å². The molecule has 0 radical (unpaired) electrons. The van der Waals surface area contributed by atoms with Crippen LogP contribution < -0.4 is 23.7 Å². The smallest absolute Gasteiger partial charge is 0.310 e. The number of allylic oxidation sites excluding steroid dienone is 1. The Morgan fingerprint density at radius 1 is 1.04 bits per heavy atom. The van der Waals surface area contributed by atoms with Crippen LogP contribution in [0.25, 0.3) is 6.08 Å². The van der Waals surface area contributed by atoms with Gasteiger partial charge in [-0.15, -0.1) is 0 Å². The third-order valence-corrected chi connectivity index (χ3v) is 4.08. The minimum absolute atomic E-state index is 0.0865. The average molecular weight is 384 g/mol. The number of carbonyl (C=O) groups excluding carboxylic acids is 2. The van der Waals surface area contributed by atoms with Crippen molar-refractivity contribution in [2.24, 2.45) is 0 Å². The van der Waals surface area contributed by atoms with Crippen molar-refractivity contribution in [1.29, 1.82) is 0 Å².